The first-order valence-corrected chi connectivity index (χ1v) is 15.3. The Hall–Kier alpha value is -3.61. The van der Waals surface area contributed by atoms with Crippen molar-refractivity contribution in [1.29, 1.82) is 0 Å². The lowest BCUT2D eigenvalue weighted by Gasteiger charge is -2.44. The number of aryl methyl sites for hydroxylation is 1. The van der Waals surface area contributed by atoms with Crippen molar-refractivity contribution in [3.63, 3.8) is 0 Å². The van der Waals surface area contributed by atoms with Gasteiger partial charge >= 0.3 is 0 Å². The zero-order valence-electron chi connectivity index (χ0n) is 24.0. The number of carbonyl (C=O) groups excluding carboxylic acids is 2. The molecule has 216 valence electrons. The highest BCUT2D eigenvalue weighted by molar-refractivity contribution is 5.98. The van der Waals surface area contributed by atoms with Gasteiger partial charge < -0.3 is 20.0 Å². The van der Waals surface area contributed by atoms with E-state index in [-0.39, 0.29) is 29.3 Å². The molecule has 6 rings (SSSR count). The zero-order valence-corrected chi connectivity index (χ0v) is 24.0. The van der Waals surface area contributed by atoms with E-state index in [4.69, 9.17) is 0 Å². The fourth-order valence-corrected chi connectivity index (χ4v) is 7.20. The minimum Gasteiger partial charge on any atom is -0.372 e. The lowest BCUT2D eigenvalue weighted by atomic mass is 9.77. The fraction of sp³-hybridized carbons (Fsp3) is 0.471. The molecule has 2 amide bonds. The van der Waals surface area contributed by atoms with Crippen LogP contribution in [0.15, 0.2) is 66.4 Å². The molecule has 2 aromatic rings. The molecule has 0 bridgehead atoms. The molecule has 0 aromatic heterocycles. The third-order valence-corrected chi connectivity index (χ3v) is 9.33. The number of likely N-dealkylation sites (tertiary alicyclic amines) is 2. The van der Waals surface area contributed by atoms with Crippen LogP contribution >= 0.6 is 0 Å². The Labute approximate surface area is 242 Å². The third-order valence-electron chi connectivity index (χ3n) is 9.33. The second-order valence-corrected chi connectivity index (χ2v) is 12.0. The highest BCUT2D eigenvalue weighted by atomic mass is 19.1. The number of halogens is 1. The summed E-state index contributed by atoms with van der Waals surface area (Å²) < 4.78 is 15.0. The highest BCUT2D eigenvalue weighted by Gasteiger charge is 2.43. The first-order chi connectivity index (χ1) is 20.0. The molecule has 3 heterocycles. The molecule has 3 fully saturated rings. The number of nitrogens with one attached hydrogen (secondary N) is 1. The van der Waals surface area contributed by atoms with Crippen LogP contribution in [0.4, 0.5) is 15.8 Å². The number of benzene rings is 2. The summed E-state index contributed by atoms with van der Waals surface area (Å²) in [6.45, 7) is 6.51. The molecule has 2 unspecified atom stereocenters. The first-order valence-electron chi connectivity index (χ1n) is 15.3. The molecule has 2 aromatic carbocycles. The molecule has 4 aliphatic rings. The normalized spacial score (nSPS) is 24.5. The Morgan fingerprint density at radius 3 is 2.34 bits per heavy atom. The molecule has 3 aliphatic heterocycles. The van der Waals surface area contributed by atoms with Crippen molar-refractivity contribution in [1.82, 2.24) is 9.80 Å². The van der Waals surface area contributed by atoms with Gasteiger partial charge in [-0.1, -0.05) is 30.4 Å². The molecule has 0 spiro atoms. The van der Waals surface area contributed by atoms with Crippen molar-refractivity contribution >= 4 is 23.2 Å². The Bertz CT molecular complexity index is 1320. The molecule has 3 atom stereocenters. The van der Waals surface area contributed by atoms with Crippen LogP contribution in [0.25, 0.3) is 0 Å². The number of anilines is 2. The number of piperidine rings is 1. The van der Waals surface area contributed by atoms with Gasteiger partial charge in [-0.2, -0.15) is 0 Å². The Morgan fingerprint density at radius 2 is 1.63 bits per heavy atom. The molecule has 41 heavy (non-hydrogen) atoms. The number of rotatable bonds is 6. The summed E-state index contributed by atoms with van der Waals surface area (Å²) in [6.07, 6.45) is 13.6. The van der Waals surface area contributed by atoms with Crippen LogP contribution in [-0.2, 0) is 4.79 Å². The van der Waals surface area contributed by atoms with E-state index in [2.05, 4.69) is 45.5 Å². The van der Waals surface area contributed by atoms with E-state index in [1.807, 2.05) is 12.1 Å². The number of nitrogens with zero attached hydrogens (tertiary/aromatic N) is 3. The van der Waals surface area contributed by atoms with Gasteiger partial charge in [0.05, 0.1) is 17.5 Å². The second-order valence-electron chi connectivity index (χ2n) is 12.0. The quantitative estimate of drug-likeness (QED) is 0.464. The van der Waals surface area contributed by atoms with Crippen molar-refractivity contribution in [3.8, 4) is 0 Å². The smallest absolute Gasteiger partial charge is 0.257 e. The SMILES string of the molecule is Cc1cccc(F)c1C(=O)N1CCCC(C(=O)Nc2cccc(N3CCCC3)c2)[C@@H]1C1C=CC(N2CCCC2)=CC1. The van der Waals surface area contributed by atoms with Crippen LogP contribution < -0.4 is 10.2 Å². The average molecular weight is 557 g/mol. The van der Waals surface area contributed by atoms with E-state index in [1.54, 1.807) is 24.0 Å². The van der Waals surface area contributed by atoms with Gasteiger partial charge in [0.15, 0.2) is 0 Å². The van der Waals surface area contributed by atoms with Gasteiger partial charge in [-0.05, 0) is 87.8 Å². The third kappa shape index (κ3) is 5.77. The summed E-state index contributed by atoms with van der Waals surface area (Å²) in [5.41, 5.74) is 3.88. The number of allylic oxidation sites excluding steroid dienone is 2. The summed E-state index contributed by atoms with van der Waals surface area (Å²) in [5, 5.41) is 3.19. The van der Waals surface area contributed by atoms with Gasteiger partial charge in [0, 0.05) is 55.7 Å². The van der Waals surface area contributed by atoms with Crippen LogP contribution in [0.2, 0.25) is 0 Å². The van der Waals surface area contributed by atoms with Crippen molar-refractivity contribution in [3.05, 3.63) is 83.3 Å². The number of amides is 2. The molecule has 6 nitrogen and oxygen atoms in total. The standard InChI is InChI=1S/C34H41FN4O2/c1-24-9-6-13-30(35)31(24)34(41)39-22-8-12-29(32(39)25-14-16-27(17-15-25)37-18-2-3-19-37)33(40)36-26-10-7-11-28(23-26)38-20-4-5-21-38/h6-7,9-11,13-14,16-17,23,25,29,32H,2-5,8,12,15,18-22H2,1H3,(H,36,40)/t25?,29?,32-/m0/s1. The molecular formula is C34H41FN4O2. The Balaban J connectivity index is 1.28. The minimum absolute atomic E-state index is 0.0237. The summed E-state index contributed by atoms with van der Waals surface area (Å²) in [4.78, 5) is 34.5. The fourth-order valence-electron chi connectivity index (χ4n) is 7.20. The maximum absolute atomic E-state index is 15.0. The number of carbonyl (C=O) groups is 2. The van der Waals surface area contributed by atoms with Gasteiger partial charge in [0.1, 0.15) is 5.82 Å². The monoisotopic (exact) mass is 556 g/mol. The van der Waals surface area contributed by atoms with E-state index in [1.165, 1.54) is 37.4 Å². The van der Waals surface area contributed by atoms with Crippen molar-refractivity contribution < 1.29 is 14.0 Å². The largest absolute Gasteiger partial charge is 0.372 e. The van der Waals surface area contributed by atoms with Crippen LogP contribution in [0.1, 0.15) is 60.9 Å². The maximum Gasteiger partial charge on any atom is 0.257 e. The maximum atomic E-state index is 15.0. The van der Waals surface area contributed by atoms with Gasteiger partial charge in [0.2, 0.25) is 5.91 Å². The average Bonchev–Trinajstić information content (AvgIpc) is 3.72. The summed E-state index contributed by atoms with van der Waals surface area (Å²) in [7, 11) is 0. The van der Waals surface area contributed by atoms with Crippen molar-refractivity contribution in [2.75, 3.05) is 42.9 Å². The van der Waals surface area contributed by atoms with Crippen molar-refractivity contribution in [2.24, 2.45) is 11.8 Å². The molecule has 1 aliphatic carbocycles. The van der Waals surface area contributed by atoms with Gasteiger partial charge in [-0.3, -0.25) is 9.59 Å². The van der Waals surface area contributed by atoms with Crippen LogP contribution in [0.5, 0.6) is 0 Å². The molecule has 7 heteroatoms. The predicted molar refractivity (Wildman–Crippen MR) is 161 cm³/mol. The van der Waals surface area contributed by atoms with E-state index in [0.29, 0.717) is 24.9 Å². The minimum atomic E-state index is -0.505. The Morgan fingerprint density at radius 1 is 0.902 bits per heavy atom. The lowest BCUT2D eigenvalue weighted by Crippen LogP contribution is -2.55. The lowest BCUT2D eigenvalue weighted by molar-refractivity contribution is -0.123. The van der Waals surface area contributed by atoms with Crippen molar-refractivity contribution in [2.45, 2.75) is 57.9 Å². The zero-order chi connectivity index (χ0) is 28.3. The Kier molecular flexibility index (Phi) is 8.13. The van der Waals surface area contributed by atoms with E-state index in [9.17, 15) is 14.0 Å². The topological polar surface area (TPSA) is 55.9 Å². The van der Waals surface area contributed by atoms with Gasteiger partial charge in [0.25, 0.3) is 5.91 Å². The molecular weight excluding hydrogens is 515 g/mol. The van der Waals surface area contributed by atoms with E-state index >= 15 is 0 Å². The van der Waals surface area contributed by atoms with Gasteiger partial charge in [-0.25, -0.2) is 4.39 Å². The van der Waals surface area contributed by atoms with Gasteiger partial charge in [-0.15, -0.1) is 0 Å². The van der Waals surface area contributed by atoms with E-state index in [0.717, 1.165) is 44.0 Å². The predicted octanol–water partition coefficient (Wildman–Crippen LogP) is 6.15. The molecule has 1 N–H and O–H groups in total. The molecule has 0 radical (unpaired) electrons. The number of hydrogen-bond donors (Lipinski definition) is 1. The van der Waals surface area contributed by atoms with E-state index < -0.39 is 11.7 Å². The second kappa shape index (κ2) is 12.1. The number of hydrogen-bond acceptors (Lipinski definition) is 4. The summed E-state index contributed by atoms with van der Waals surface area (Å²) in [6, 6.07) is 12.5. The van der Waals surface area contributed by atoms with Crippen LogP contribution in [0.3, 0.4) is 0 Å². The van der Waals surface area contributed by atoms with Crippen LogP contribution in [0, 0.1) is 24.6 Å². The summed E-state index contributed by atoms with van der Waals surface area (Å²) >= 11 is 0. The molecule has 0 saturated carbocycles. The highest BCUT2D eigenvalue weighted by Crippen LogP contribution is 2.37. The molecule has 3 saturated heterocycles. The summed E-state index contributed by atoms with van der Waals surface area (Å²) in [5.74, 6) is -1.31. The van der Waals surface area contributed by atoms with Crippen LogP contribution in [-0.4, -0.2) is 60.4 Å². The first kappa shape index (κ1) is 27.6.